The van der Waals surface area contributed by atoms with Crippen molar-refractivity contribution >= 4 is 68.9 Å². The predicted molar refractivity (Wildman–Crippen MR) is 172 cm³/mol. The van der Waals surface area contributed by atoms with Crippen LogP contribution in [0.25, 0.3) is 21.7 Å². The van der Waals surface area contributed by atoms with E-state index in [4.69, 9.17) is 16.7 Å². The van der Waals surface area contributed by atoms with Crippen molar-refractivity contribution in [3.8, 4) is 0 Å². The number of carbonyl (C=O) groups excluding carboxylic acids is 4. The number of esters is 1. The molecule has 0 aliphatic heterocycles. The van der Waals surface area contributed by atoms with Gasteiger partial charge in [0.25, 0.3) is 0 Å². The van der Waals surface area contributed by atoms with E-state index in [1.165, 1.54) is 0 Å². The molecule has 0 aliphatic rings. The Balaban J connectivity index is 1.56. The van der Waals surface area contributed by atoms with Crippen LogP contribution in [0.1, 0.15) is 30.5 Å². The Hall–Kier alpha value is -5.43. The van der Waals surface area contributed by atoms with Gasteiger partial charge in [-0.2, -0.15) is 0 Å². The van der Waals surface area contributed by atoms with Crippen molar-refractivity contribution in [2.45, 2.75) is 50.2 Å². The van der Waals surface area contributed by atoms with Crippen molar-refractivity contribution in [2.24, 2.45) is 0 Å². The van der Waals surface area contributed by atoms with Crippen molar-refractivity contribution in [3.63, 3.8) is 0 Å². The summed E-state index contributed by atoms with van der Waals surface area (Å²) in [6, 6.07) is 15.7. The zero-order valence-electron chi connectivity index (χ0n) is 25.2. The van der Waals surface area contributed by atoms with Crippen molar-refractivity contribution in [1.29, 1.82) is 0 Å². The normalized spacial score (nSPS) is 12.9. The van der Waals surface area contributed by atoms with Gasteiger partial charge >= 0.3 is 17.9 Å². The lowest BCUT2D eigenvalue weighted by Gasteiger charge is -2.24. The quantitative estimate of drug-likeness (QED) is 0.103. The van der Waals surface area contributed by atoms with Crippen LogP contribution in [0.3, 0.4) is 0 Å². The number of hydrogen-bond donors (Lipinski definition) is 6. The molecule has 3 atom stereocenters. The number of benzene rings is 3. The number of rotatable bonds is 15. The van der Waals surface area contributed by atoms with E-state index in [2.05, 4.69) is 25.7 Å². The second kappa shape index (κ2) is 15.7. The van der Waals surface area contributed by atoms with Gasteiger partial charge in [-0.15, -0.1) is 0 Å². The fraction of sp³-hybridized carbons (Fsp3) is 0.273. The topological polar surface area (TPSA) is 204 Å². The molecular weight excluding hydrogens is 632 g/mol. The second-order valence-corrected chi connectivity index (χ2v) is 11.3. The first-order valence-corrected chi connectivity index (χ1v) is 15.0. The average molecular weight is 665 g/mol. The summed E-state index contributed by atoms with van der Waals surface area (Å²) in [5.41, 5.74) is 2.00. The van der Waals surface area contributed by atoms with E-state index in [0.29, 0.717) is 16.3 Å². The Morgan fingerprint density at radius 3 is 2.19 bits per heavy atom. The largest absolute Gasteiger partial charge is 0.481 e. The van der Waals surface area contributed by atoms with Crippen molar-refractivity contribution in [2.75, 3.05) is 7.11 Å². The van der Waals surface area contributed by atoms with Crippen LogP contribution in [0.5, 0.6) is 0 Å². The fourth-order valence-corrected chi connectivity index (χ4v) is 5.26. The van der Waals surface area contributed by atoms with Crippen LogP contribution in [0.15, 0.2) is 66.7 Å². The standard InChI is InChI=1S/C33H33ClN4O9/c1-47-33(46)25(10-11-29(40)41)37-32(45)27(17-30(42)43)38-31(44)26(13-18-6-7-19-4-2-3-5-20(19)12-18)36-28(39)16-23-15-21-14-22(34)8-9-24(21)35-23/h2-9,12,14-15,25-27,35H,10-11,13,16-17H2,1H3,(H,36,39)(H,37,45)(H,38,44)(H,40,41)(H,42,43)/t25-,26-,27-/m0/s1. The number of fused-ring (bicyclic) bond motifs is 2. The molecule has 3 amide bonds. The number of aromatic nitrogens is 1. The molecular formula is C33H33ClN4O9. The molecule has 246 valence electrons. The summed E-state index contributed by atoms with van der Waals surface area (Å²) in [6.45, 7) is 0. The first-order chi connectivity index (χ1) is 22.4. The third-order valence-electron chi connectivity index (χ3n) is 7.36. The Bertz CT molecular complexity index is 1820. The van der Waals surface area contributed by atoms with Crippen LogP contribution in [0.4, 0.5) is 0 Å². The van der Waals surface area contributed by atoms with Gasteiger partial charge in [0.15, 0.2) is 0 Å². The summed E-state index contributed by atoms with van der Waals surface area (Å²) >= 11 is 6.08. The lowest BCUT2D eigenvalue weighted by molar-refractivity contribution is -0.146. The summed E-state index contributed by atoms with van der Waals surface area (Å²) in [6.07, 6.45) is -1.81. The van der Waals surface area contributed by atoms with Gasteiger partial charge in [-0.3, -0.25) is 24.0 Å². The van der Waals surface area contributed by atoms with E-state index in [1.807, 2.05) is 36.4 Å². The maximum atomic E-state index is 13.7. The van der Waals surface area contributed by atoms with E-state index < -0.39 is 66.6 Å². The minimum Gasteiger partial charge on any atom is -0.481 e. The Labute approximate surface area is 273 Å². The molecule has 13 nitrogen and oxygen atoms in total. The van der Waals surface area contributed by atoms with Gasteiger partial charge in [-0.25, -0.2) is 4.79 Å². The molecule has 0 spiro atoms. The highest BCUT2D eigenvalue weighted by molar-refractivity contribution is 6.31. The third kappa shape index (κ3) is 9.78. The van der Waals surface area contributed by atoms with E-state index in [1.54, 1.807) is 30.3 Å². The van der Waals surface area contributed by atoms with Crippen LogP contribution in [0.2, 0.25) is 5.02 Å². The molecule has 0 bridgehead atoms. The number of methoxy groups -OCH3 is 1. The number of H-pyrrole nitrogens is 1. The van der Waals surface area contributed by atoms with Crippen LogP contribution in [-0.4, -0.2) is 76.1 Å². The Morgan fingerprint density at radius 1 is 0.787 bits per heavy atom. The van der Waals surface area contributed by atoms with E-state index in [9.17, 15) is 33.9 Å². The molecule has 14 heteroatoms. The lowest BCUT2D eigenvalue weighted by Crippen LogP contribution is -2.57. The Kier molecular flexibility index (Phi) is 11.5. The number of carboxylic acid groups (broad SMARTS) is 2. The van der Waals surface area contributed by atoms with Gasteiger partial charge in [0, 0.05) is 34.5 Å². The molecule has 47 heavy (non-hydrogen) atoms. The first kappa shape index (κ1) is 34.4. The minimum atomic E-state index is -1.67. The van der Waals surface area contributed by atoms with Gasteiger partial charge in [-0.1, -0.05) is 54.1 Å². The zero-order chi connectivity index (χ0) is 34.1. The molecule has 4 aromatic rings. The van der Waals surface area contributed by atoms with E-state index in [-0.39, 0.29) is 19.3 Å². The second-order valence-electron chi connectivity index (χ2n) is 10.9. The van der Waals surface area contributed by atoms with Crippen LogP contribution < -0.4 is 16.0 Å². The molecule has 0 aliphatic carbocycles. The number of aromatic amines is 1. The lowest BCUT2D eigenvalue weighted by atomic mass is 10.0. The molecule has 0 fully saturated rings. The first-order valence-electron chi connectivity index (χ1n) is 14.6. The molecule has 0 unspecified atom stereocenters. The summed E-state index contributed by atoms with van der Waals surface area (Å²) < 4.78 is 4.63. The molecule has 4 rings (SSSR count). The van der Waals surface area contributed by atoms with Crippen molar-refractivity contribution in [3.05, 3.63) is 83.0 Å². The fourth-order valence-electron chi connectivity index (χ4n) is 5.08. The zero-order valence-corrected chi connectivity index (χ0v) is 26.0. The molecule has 1 aromatic heterocycles. The Morgan fingerprint density at radius 2 is 1.49 bits per heavy atom. The number of nitrogens with one attached hydrogen (secondary N) is 4. The summed E-state index contributed by atoms with van der Waals surface area (Å²) in [5.74, 6) is -6.03. The van der Waals surface area contributed by atoms with Gasteiger partial charge in [-0.05, 0) is 47.0 Å². The summed E-state index contributed by atoms with van der Waals surface area (Å²) in [7, 11) is 1.05. The van der Waals surface area contributed by atoms with Gasteiger partial charge < -0.3 is 35.9 Å². The highest BCUT2D eigenvalue weighted by Crippen LogP contribution is 2.21. The van der Waals surface area contributed by atoms with Gasteiger partial charge in [0.05, 0.1) is 20.0 Å². The predicted octanol–water partition coefficient (Wildman–Crippen LogP) is 2.73. The maximum Gasteiger partial charge on any atom is 0.328 e. The molecule has 0 radical (unpaired) electrons. The molecule has 6 N–H and O–H groups in total. The maximum absolute atomic E-state index is 13.7. The smallest absolute Gasteiger partial charge is 0.328 e. The number of aliphatic carboxylic acids is 2. The number of carbonyl (C=O) groups is 6. The highest BCUT2D eigenvalue weighted by atomic mass is 35.5. The third-order valence-corrected chi connectivity index (χ3v) is 7.59. The average Bonchev–Trinajstić information content (AvgIpc) is 3.42. The SMILES string of the molecule is COC(=O)[C@H](CCC(=O)O)NC(=O)[C@H](CC(=O)O)NC(=O)[C@H](Cc1ccc2ccccc2c1)NC(=O)Cc1cc2cc(Cl)ccc2[nH]1. The van der Waals surface area contributed by atoms with Crippen LogP contribution in [0, 0.1) is 0 Å². The van der Waals surface area contributed by atoms with Crippen LogP contribution in [-0.2, 0) is 46.3 Å². The van der Waals surface area contributed by atoms with Crippen LogP contribution >= 0.6 is 11.6 Å². The minimum absolute atomic E-state index is 0.00444. The number of amides is 3. The van der Waals surface area contributed by atoms with Crippen molar-refractivity contribution < 1.29 is 43.7 Å². The van der Waals surface area contributed by atoms with E-state index in [0.717, 1.165) is 28.8 Å². The van der Waals surface area contributed by atoms with Gasteiger partial charge in [0.1, 0.15) is 18.1 Å². The number of ether oxygens (including phenoxy) is 1. The van der Waals surface area contributed by atoms with Gasteiger partial charge in [0.2, 0.25) is 17.7 Å². The van der Waals surface area contributed by atoms with E-state index >= 15 is 0 Å². The monoisotopic (exact) mass is 664 g/mol. The molecule has 0 saturated heterocycles. The number of hydrogen-bond acceptors (Lipinski definition) is 7. The summed E-state index contributed by atoms with van der Waals surface area (Å²) in [4.78, 5) is 78.1. The number of halogens is 1. The molecule has 1 heterocycles. The molecule has 3 aromatic carbocycles. The summed E-state index contributed by atoms with van der Waals surface area (Å²) in [5, 5.41) is 29.0. The molecule has 0 saturated carbocycles. The van der Waals surface area contributed by atoms with Crippen molar-refractivity contribution in [1.82, 2.24) is 20.9 Å². The number of carboxylic acids is 2. The highest BCUT2D eigenvalue weighted by Gasteiger charge is 2.32.